The van der Waals surface area contributed by atoms with Gasteiger partial charge in [-0.25, -0.2) is 0 Å². The van der Waals surface area contributed by atoms with E-state index in [2.05, 4.69) is 19.6 Å². The van der Waals surface area contributed by atoms with Crippen LogP contribution < -0.4 is 5.73 Å². The third kappa shape index (κ3) is 3.70. The summed E-state index contributed by atoms with van der Waals surface area (Å²) < 4.78 is 41.8. The first-order valence-electron chi connectivity index (χ1n) is 8.00. The maximum Gasteiger partial charge on any atom is 0.471 e. The lowest BCUT2D eigenvalue weighted by atomic mass is 10.1. The standard InChI is InChI=1S/C16H18F3N5O2/c1-23-6-7-24(12(8-20)9-23)14(25)11-4-2-10(3-5-11)13-21-15(26-22-13)16(17,18)19/h2-5,12H,6-9,20H2,1H3/t12-/m1/s1. The van der Waals surface area contributed by atoms with E-state index in [-0.39, 0.29) is 17.8 Å². The molecule has 7 nitrogen and oxygen atoms in total. The average molecular weight is 369 g/mol. The Balaban J connectivity index is 1.77. The molecule has 1 aliphatic heterocycles. The summed E-state index contributed by atoms with van der Waals surface area (Å²) in [5.74, 6) is -1.75. The first kappa shape index (κ1) is 18.3. The van der Waals surface area contributed by atoms with Crippen molar-refractivity contribution < 1.29 is 22.5 Å². The van der Waals surface area contributed by atoms with E-state index in [1.54, 1.807) is 4.90 Å². The predicted octanol–water partition coefficient (Wildman–Crippen LogP) is 1.47. The molecule has 1 aliphatic rings. The zero-order valence-corrected chi connectivity index (χ0v) is 14.0. The van der Waals surface area contributed by atoms with Gasteiger partial charge in [-0.1, -0.05) is 17.3 Å². The first-order valence-corrected chi connectivity index (χ1v) is 8.00. The Bertz CT molecular complexity index is 775. The van der Waals surface area contributed by atoms with E-state index < -0.39 is 12.1 Å². The molecule has 0 aliphatic carbocycles. The van der Waals surface area contributed by atoms with Gasteiger partial charge in [-0.05, 0) is 19.2 Å². The predicted molar refractivity (Wildman–Crippen MR) is 86.1 cm³/mol. The summed E-state index contributed by atoms with van der Waals surface area (Å²) in [6.45, 7) is 2.38. The molecule has 1 fully saturated rings. The van der Waals surface area contributed by atoms with Gasteiger partial charge in [-0.2, -0.15) is 18.2 Å². The van der Waals surface area contributed by atoms with Gasteiger partial charge in [0.25, 0.3) is 5.91 Å². The number of carbonyl (C=O) groups is 1. The SMILES string of the molecule is CN1CCN(C(=O)c2ccc(-c3noc(C(F)(F)F)n3)cc2)[C@H](CN)C1. The quantitative estimate of drug-likeness (QED) is 0.882. The summed E-state index contributed by atoms with van der Waals surface area (Å²) >= 11 is 0. The fraction of sp³-hybridized carbons (Fsp3) is 0.438. The number of halogens is 3. The molecule has 0 radical (unpaired) electrons. The topological polar surface area (TPSA) is 88.5 Å². The van der Waals surface area contributed by atoms with Gasteiger partial charge in [0.2, 0.25) is 5.82 Å². The molecule has 2 heterocycles. The number of alkyl halides is 3. The van der Waals surface area contributed by atoms with Gasteiger partial charge in [0.05, 0.1) is 6.04 Å². The Kier molecular flexibility index (Phi) is 4.97. The zero-order chi connectivity index (χ0) is 18.9. The number of benzene rings is 1. The summed E-state index contributed by atoms with van der Waals surface area (Å²) in [4.78, 5) is 19.9. The number of aromatic nitrogens is 2. The van der Waals surface area contributed by atoms with Crippen LogP contribution >= 0.6 is 0 Å². The van der Waals surface area contributed by atoms with Gasteiger partial charge in [0.1, 0.15) is 0 Å². The number of carbonyl (C=O) groups excluding carboxylic acids is 1. The highest BCUT2D eigenvalue weighted by Gasteiger charge is 2.38. The molecular weight excluding hydrogens is 351 g/mol. The third-order valence-electron chi connectivity index (χ3n) is 4.28. The fourth-order valence-electron chi connectivity index (χ4n) is 2.86. The fourth-order valence-corrected chi connectivity index (χ4v) is 2.86. The Morgan fingerprint density at radius 2 is 2.00 bits per heavy atom. The molecular formula is C16H18F3N5O2. The Morgan fingerprint density at radius 3 is 2.58 bits per heavy atom. The summed E-state index contributed by atoms with van der Waals surface area (Å²) in [5.41, 5.74) is 6.53. The van der Waals surface area contributed by atoms with Crippen molar-refractivity contribution in [2.45, 2.75) is 12.2 Å². The molecule has 10 heteroatoms. The Hall–Kier alpha value is -2.46. The molecule has 2 aromatic rings. The van der Waals surface area contributed by atoms with Gasteiger partial charge in [-0.3, -0.25) is 4.79 Å². The number of rotatable bonds is 3. The molecule has 0 bridgehead atoms. The number of likely N-dealkylation sites (N-methyl/N-ethyl adjacent to an activating group) is 1. The molecule has 1 atom stereocenters. The lowest BCUT2D eigenvalue weighted by Gasteiger charge is -2.39. The Labute approximate surface area is 147 Å². The second-order valence-corrected chi connectivity index (χ2v) is 6.15. The van der Waals surface area contributed by atoms with Crippen LogP contribution in [-0.2, 0) is 6.18 Å². The van der Waals surface area contributed by atoms with E-state index in [9.17, 15) is 18.0 Å². The van der Waals surface area contributed by atoms with Crippen LogP contribution in [-0.4, -0.2) is 65.1 Å². The van der Waals surface area contributed by atoms with Crippen molar-refractivity contribution in [3.63, 3.8) is 0 Å². The van der Waals surface area contributed by atoms with Crippen molar-refractivity contribution in [2.75, 3.05) is 33.2 Å². The molecule has 2 N–H and O–H groups in total. The van der Waals surface area contributed by atoms with E-state index in [4.69, 9.17) is 5.73 Å². The van der Waals surface area contributed by atoms with Crippen LogP contribution in [0.5, 0.6) is 0 Å². The average Bonchev–Trinajstić information content (AvgIpc) is 3.11. The molecule has 1 aromatic carbocycles. The summed E-state index contributed by atoms with van der Waals surface area (Å²) in [5, 5.41) is 3.33. The third-order valence-corrected chi connectivity index (χ3v) is 4.28. The van der Waals surface area contributed by atoms with Crippen LogP contribution in [0.2, 0.25) is 0 Å². The molecule has 140 valence electrons. The minimum Gasteiger partial charge on any atom is -0.332 e. The molecule has 0 saturated carbocycles. The van der Waals surface area contributed by atoms with Crippen LogP contribution in [0.3, 0.4) is 0 Å². The second kappa shape index (κ2) is 7.04. The van der Waals surface area contributed by atoms with E-state index >= 15 is 0 Å². The van der Waals surface area contributed by atoms with E-state index in [0.29, 0.717) is 30.8 Å². The number of nitrogens with two attached hydrogens (primary N) is 1. The number of piperazine rings is 1. The van der Waals surface area contributed by atoms with Crippen LogP contribution in [0.1, 0.15) is 16.2 Å². The second-order valence-electron chi connectivity index (χ2n) is 6.15. The van der Waals surface area contributed by atoms with E-state index in [1.165, 1.54) is 24.3 Å². The van der Waals surface area contributed by atoms with Crippen molar-refractivity contribution in [3.05, 3.63) is 35.7 Å². The minimum atomic E-state index is -4.69. The molecule has 1 amide bonds. The van der Waals surface area contributed by atoms with E-state index in [1.807, 2.05) is 7.05 Å². The molecule has 0 spiro atoms. The largest absolute Gasteiger partial charge is 0.471 e. The molecule has 26 heavy (non-hydrogen) atoms. The maximum atomic E-state index is 12.7. The highest BCUT2D eigenvalue weighted by Crippen LogP contribution is 2.29. The van der Waals surface area contributed by atoms with Gasteiger partial charge in [0, 0.05) is 37.3 Å². The normalized spacial score (nSPS) is 19.0. The lowest BCUT2D eigenvalue weighted by Crippen LogP contribution is -2.56. The van der Waals surface area contributed by atoms with Crippen LogP contribution in [0, 0.1) is 0 Å². The van der Waals surface area contributed by atoms with Crippen molar-refractivity contribution in [2.24, 2.45) is 5.73 Å². The van der Waals surface area contributed by atoms with Crippen LogP contribution in [0.4, 0.5) is 13.2 Å². The summed E-state index contributed by atoms with van der Waals surface area (Å²) in [7, 11) is 1.97. The van der Waals surface area contributed by atoms with Gasteiger partial charge in [-0.15, -0.1) is 0 Å². The smallest absolute Gasteiger partial charge is 0.332 e. The monoisotopic (exact) mass is 369 g/mol. The lowest BCUT2D eigenvalue weighted by molar-refractivity contribution is -0.159. The molecule has 1 aromatic heterocycles. The number of amides is 1. The number of hydrogen-bond donors (Lipinski definition) is 1. The Morgan fingerprint density at radius 1 is 1.31 bits per heavy atom. The maximum absolute atomic E-state index is 12.7. The molecule has 1 saturated heterocycles. The highest BCUT2D eigenvalue weighted by atomic mass is 19.4. The molecule has 0 unspecified atom stereocenters. The summed E-state index contributed by atoms with van der Waals surface area (Å²) in [6, 6.07) is 5.98. The zero-order valence-electron chi connectivity index (χ0n) is 14.0. The van der Waals surface area contributed by atoms with Crippen molar-refractivity contribution >= 4 is 5.91 Å². The van der Waals surface area contributed by atoms with Crippen LogP contribution in [0.25, 0.3) is 11.4 Å². The van der Waals surface area contributed by atoms with Crippen LogP contribution in [0.15, 0.2) is 28.8 Å². The highest BCUT2D eigenvalue weighted by molar-refractivity contribution is 5.95. The van der Waals surface area contributed by atoms with Crippen molar-refractivity contribution in [1.29, 1.82) is 0 Å². The van der Waals surface area contributed by atoms with Gasteiger partial charge >= 0.3 is 12.1 Å². The summed E-state index contributed by atoms with van der Waals surface area (Å²) in [6.07, 6.45) is -4.69. The molecule has 3 rings (SSSR count). The van der Waals surface area contributed by atoms with Crippen molar-refractivity contribution in [3.8, 4) is 11.4 Å². The van der Waals surface area contributed by atoms with Crippen molar-refractivity contribution in [1.82, 2.24) is 19.9 Å². The number of hydrogen-bond acceptors (Lipinski definition) is 6. The number of nitrogens with zero attached hydrogens (tertiary/aromatic N) is 4. The van der Waals surface area contributed by atoms with E-state index in [0.717, 1.165) is 6.54 Å². The van der Waals surface area contributed by atoms with Gasteiger partial charge in [0.15, 0.2) is 0 Å². The minimum absolute atomic E-state index is 0.0764. The first-order chi connectivity index (χ1) is 12.3. The van der Waals surface area contributed by atoms with Gasteiger partial charge < -0.3 is 20.1 Å².